The van der Waals surface area contributed by atoms with Crippen LogP contribution in [-0.2, 0) is 11.2 Å². The molecular formula is C18H15ClO4. The predicted octanol–water partition coefficient (Wildman–Crippen LogP) is 4.56. The SMILES string of the molecule is CCc1ccc(Oc2cc3c(cc2Cl)C=C(C(=O)O)CO3)cc1. The highest BCUT2D eigenvalue weighted by atomic mass is 35.5. The van der Waals surface area contributed by atoms with Crippen LogP contribution in [0.3, 0.4) is 0 Å². The Kier molecular flexibility index (Phi) is 4.26. The summed E-state index contributed by atoms with van der Waals surface area (Å²) in [5, 5.41) is 9.42. The molecule has 1 heterocycles. The molecule has 118 valence electrons. The highest BCUT2D eigenvalue weighted by Gasteiger charge is 2.19. The molecule has 0 amide bonds. The molecule has 0 bridgehead atoms. The predicted molar refractivity (Wildman–Crippen MR) is 88.5 cm³/mol. The lowest BCUT2D eigenvalue weighted by atomic mass is 10.1. The van der Waals surface area contributed by atoms with Crippen LogP contribution in [-0.4, -0.2) is 17.7 Å². The Morgan fingerprint density at radius 3 is 2.70 bits per heavy atom. The van der Waals surface area contributed by atoms with Crippen LogP contribution in [0.15, 0.2) is 42.0 Å². The Labute approximate surface area is 138 Å². The van der Waals surface area contributed by atoms with Crippen molar-refractivity contribution in [1.29, 1.82) is 0 Å². The van der Waals surface area contributed by atoms with Crippen LogP contribution in [0.25, 0.3) is 6.08 Å². The minimum atomic E-state index is -0.997. The number of carbonyl (C=O) groups is 1. The molecule has 0 unspecified atom stereocenters. The summed E-state index contributed by atoms with van der Waals surface area (Å²) in [4.78, 5) is 11.0. The number of ether oxygens (including phenoxy) is 2. The summed E-state index contributed by atoms with van der Waals surface area (Å²) in [5.74, 6) is 0.714. The summed E-state index contributed by atoms with van der Waals surface area (Å²) in [6.45, 7) is 2.11. The standard InChI is InChI=1S/C18H15ClO4/c1-2-11-3-5-14(6-4-11)23-17-9-16-12(8-15(17)19)7-13(10-22-16)18(20)21/h3-9H,2,10H2,1H3,(H,20,21). The third-order valence-electron chi connectivity index (χ3n) is 3.61. The van der Waals surface area contributed by atoms with Gasteiger partial charge in [-0.25, -0.2) is 4.79 Å². The first-order valence-corrected chi connectivity index (χ1v) is 7.61. The van der Waals surface area contributed by atoms with Crippen LogP contribution in [0.5, 0.6) is 17.2 Å². The average molecular weight is 331 g/mol. The summed E-state index contributed by atoms with van der Waals surface area (Å²) in [6, 6.07) is 11.1. The van der Waals surface area contributed by atoms with E-state index < -0.39 is 5.97 Å². The number of fused-ring (bicyclic) bond motifs is 1. The van der Waals surface area contributed by atoms with Gasteiger partial charge in [0.1, 0.15) is 23.9 Å². The van der Waals surface area contributed by atoms with Crippen molar-refractivity contribution in [3.8, 4) is 17.2 Å². The molecule has 0 aliphatic carbocycles. The van der Waals surface area contributed by atoms with Gasteiger partial charge in [0.2, 0.25) is 0 Å². The lowest BCUT2D eigenvalue weighted by Crippen LogP contribution is -2.14. The summed E-state index contributed by atoms with van der Waals surface area (Å²) in [6.07, 6.45) is 2.53. The molecular weight excluding hydrogens is 316 g/mol. The van der Waals surface area contributed by atoms with Crippen LogP contribution in [0.4, 0.5) is 0 Å². The third-order valence-corrected chi connectivity index (χ3v) is 3.91. The number of hydrogen-bond donors (Lipinski definition) is 1. The molecule has 23 heavy (non-hydrogen) atoms. The van der Waals surface area contributed by atoms with E-state index in [0.717, 1.165) is 6.42 Å². The van der Waals surface area contributed by atoms with Gasteiger partial charge >= 0.3 is 5.97 Å². The third kappa shape index (κ3) is 3.32. The average Bonchev–Trinajstić information content (AvgIpc) is 2.55. The van der Waals surface area contributed by atoms with E-state index in [0.29, 0.717) is 27.8 Å². The number of rotatable bonds is 4. The van der Waals surface area contributed by atoms with Crippen molar-refractivity contribution in [3.63, 3.8) is 0 Å². The molecule has 0 saturated heterocycles. The van der Waals surface area contributed by atoms with E-state index in [1.807, 2.05) is 24.3 Å². The summed E-state index contributed by atoms with van der Waals surface area (Å²) < 4.78 is 11.3. The van der Waals surface area contributed by atoms with Gasteiger partial charge in [0.25, 0.3) is 0 Å². The molecule has 3 rings (SSSR count). The van der Waals surface area contributed by atoms with E-state index in [4.69, 9.17) is 26.2 Å². The molecule has 0 atom stereocenters. The van der Waals surface area contributed by atoms with Gasteiger partial charge in [-0.3, -0.25) is 0 Å². The minimum Gasteiger partial charge on any atom is -0.488 e. The van der Waals surface area contributed by atoms with Crippen molar-refractivity contribution in [2.75, 3.05) is 6.61 Å². The highest BCUT2D eigenvalue weighted by molar-refractivity contribution is 6.32. The van der Waals surface area contributed by atoms with Crippen LogP contribution in [0, 0.1) is 0 Å². The summed E-state index contributed by atoms with van der Waals surface area (Å²) >= 11 is 6.24. The van der Waals surface area contributed by atoms with E-state index in [9.17, 15) is 4.79 Å². The minimum absolute atomic E-state index is 0.0224. The van der Waals surface area contributed by atoms with E-state index in [1.165, 1.54) is 5.56 Å². The zero-order valence-corrected chi connectivity index (χ0v) is 13.3. The lowest BCUT2D eigenvalue weighted by Gasteiger charge is -2.18. The first-order valence-electron chi connectivity index (χ1n) is 7.24. The van der Waals surface area contributed by atoms with Gasteiger partial charge in [0.05, 0.1) is 10.6 Å². The Bertz CT molecular complexity index is 778. The molecule has 0 saturated carbocycles. The Morgan fingerprint density at radius 2 is 2.04 bits per heavy atom. The molecule has 0 radical (unpaired) electrons. The van der Waals surface area contributed by atoms with Crippen LogP contribution >= 0.6 is 11.6 Å². The monoisotopic (exact) mass is 330 g/mol. The molecule has 0 aromatic heterocycles. The smallest absolute Gasteiger partial charge is 0.335 e. The van der Waals surface area contributed by atoms with E-state index in [-0.39, 0.29) is 12.2 Å². The van der Waals surface area contributed by atoms with Gasteiger partial charge in [0, 0.05) is 11.6 Å². The van der Waals surface area contributed by atoms with Crippen molar-refractivity contribution >= 4 is 23.6 Å². The molecule has 5 heteroatoms. The van der Waals surface area contributed by atoms with Crippen molar-refractivity contribution in [2.45, 2.75) is 13.3 Å². The molecule has 1 N–H and O–H groups in total. The topological polar surface area (TPSA) is 55.8 Å². The number of carboxylic acid groups (broad SMARTS) is 1. The summed E-state index contributed by atoms with van der Waals surface area (Å²) in [7, 11) is 0. The van der Waals surface area contributed by atoms with Crippen molar-refractivity contribution in [2.24, 2.45) is 0 Å². The lowest BCUT2D eigenvalue weighted by molar-refractivity contribution is -0.132. The van der Waals surface area contributed by atoms with Crippen molar-refractivity contribution in [1.82, 2.24) is 0 Å². The highest BCUT2D eigenvalue weighted by Crippen LogP contribution is 2.38. The Balaban J connectivity index is 1.88. The zero-order valence-electron chi connectivity index (χ0n) is 12.5. The quantitative estimate of drug-likeness (QED) is 0.893. The molecule has 0 fully saturated rings. The number of carboxylic acids is 1. The largest absolute Gasteiger partial charge is 0.488 e. The second-order valence-electron chi connectivity index (χ2n) is 5.18. The normalized spacial score (nSPS) is 12.9. The van der Waals surface area contributed by atoms with Crippen molar-refractivity contribution < 1.29 is 19.4 Å². The fourth-order valence-electron chi connectivity index (χ4n) is 2.29. The maximum absolute atomic E-state index is 11.0. The number of aryl methyl sites for hydroxylation is 1. The molecule has 2 aromatic rings. The Morgan fingerprint density at radius 1 is 1.30 bits per heavy atom. The van der Waals surface area contributed by atoms with Crippen molar-refractivity contribution in [3.05, 3.63) is 58.1 Å². The molecule has 0 spiro atoms. The maximum Gasteiger partial charge on any atom is 0.335 e. The number of hydrogen-bond acceptors (Lipinski definition) is 3. The van der Waals surface area contributed by atoms with Gasteiger partial charge in [0.15, 0.2) is 0 Å². The number of aliphatic carboxylic acids is 1. The fourth-order valence-corrected chi connectivity index (χ4v) is 2.51. The second-order valence-corrected chi connectivity index (χ2v) is 5.59. The van der Waals surface area contributed by atoms with Gasteiger partial charge in [-0.05, 0) is 36.3 Å². The first-order chi connectivity index (χ1) is 11.1. The number of halogens is 1. The van der Waals surface area contributed by atoms with Gasteiger partial charge in [-0.15, -0.1) is 0 Å². The van der Waals surface area contributed by atoms with Gasteiger partial charge in [-0.2, -0.15) is 0 Å². The first kappa shape index (κ1) is 15.4. The van der Waals surface area contributed by atoms with Gasteiger partial charge in [-0.1, -0.05) is 30.7 Å². The number of benzene rings is 2. The van der Waals surface area contributed by atoms with Crippen LogP contribution < -0.4 is 9.47 Å². The zero-order chi connectivity index (χ0) is 16.4. The molecule has 2 aromatic carbocycles. The molecule has 1 aliphatic rings. The van der Waals surface area contributed by atoms with Crippen LogP contribution in [0.2, 0.25) is 5.02 Å². The van der Waals surface area contributed by atoms with E-state index >= 15 is 0 Å². The summed E-state index contributed by atoms with van der Waals surface area (Å²) in [5.41, 5.74) is 2.05. The van der Waals surface area contributed by atoms with Crippen LogP contribution in [0.1, 0.15) is 18.1 Å². The van der Waals surface area contributed by atoms with Gasteiger partial charge < -0.3 is 14.6 Å². The maximum atomic E-state index is 11.0. The van der Waals surface area contributed by atoms with E-state index in [2.05, 4.69) is 6.92 Å². The fraction of sp³-hybridized carbons (Fsp3) is 0.167. The van der Waals surface area contributed by atoms with E-state index in [1.54, 1.807) is 18.2 Å². The Hall–Kier alpha value is -2.46. The molecule has 4 nitrogen and oxygen atoms in total. The second kappa shape index (κ2) is 6.34. The molecule has 1 aliphatic heterocycles.